The van der Waals surface area contributed by atoms with Gasteiger partial charge in [0.1, 0.15) is 18.5 Å². The third kappa shape index (κ3) is 6.69. The molecule has 1 saturated heterocycles. The molecule has 1 aliphatic carbocycles. The smallest absolute Gasteiger partial charge is 0.289 e. The van der Waals surface area contributed by atoms with E-state index in [0.29, 0.717) is 12.1 Å². The number of halogens is 1. The zero-order valence-corrected chi connectivity index (χ0v) is 20.3. The molecule has 2 aliphatic rings. The minimum atomic E-state index is -0.414. The van der Waals surface area contributed by atoms with Crippen LogP contribution in [-0.4, -0.2) is 67.0 Å². The number of morpholine rings is 1. The first-order chi connectivity index (χ1) is 17.0. The largest absolute Gasteiger partial charge is 0.482 e. The van der Waals surface area contributed by atoms with Gasteiger partial charge in [-0.25, -0.2) is 4.39 Å². The number of nitrogens with zero attached hydrogens (tertiary/aromatic N) is 2. The Hall–Kier alpha value is -3.19. The lowest BCUT2D eigenvalue weighted by Crippen LogP contribution is -2.57. The number of fused-ring (bicyclic) bond motifs is 1. The molecule has 0 radical (unpaired) electrons. The number of hydrogen-bond acceptors (Lipinski definition) is 4. The van der Waals surface area contributed by atoms with E-state index < -0.39 is 5.82 Å². The van der Waals surface area contributed by atoms with Crippen LogP contribution < -0.4 is 5.32 Å². The molecule has 2 amide bonds. The Balaban J connectivity index is 1.33. The molecule has 6 nitrogen and oxygen atoms in total. The van der Waals surface area contributed by atoms with Crippen LogP contribution in [0.4, 0.5) is 4.39 Å². The van der Waals surface area contributed by atoms with Gasteiger partial charge < -0.3 is 19.9 Å². The highest BCUT2D eigenvalue weighted by molar-refractivity contribution is 5.98. The summed E-state index contributed by atoms with van der Waals surface area (Å²) in [4.78, 5) is 29.8. The standard InChI is InChI=1S/C28H34FN3O3/c1-31(17-15-21-9-3-2-4-10-21)18-16-30-27(33)20-32-24-13-7-8-14-25(24)35-26(28(32)34)19-22-11-5-6-12-23(22)29/h2-6,9-12,19,24-25H,7-8,13-18,20H2,1H3,(H,30,33)/b26-19+. The first-order valence-corrected chi connectivity index (χ1v) is 12.4. The van der Waals surface area contributed by atoms with Crippen molar-refractivity contribution in [3.63, 3.8) is 0 Å². The fourth-order valence-corrected chi connectivity index (χ4v) is 4.77. The van der Waals surface area contributed by atoms with E-state index in [2.05, 4.69) is 22.3 Å². The van der Waals surface area contributed by atoms with E-state index in [9.17, 15) is 14.0 Å². The lowest BCUT2D eigenvalue weighted by molar-refractivity contribution is -0.151. The maximum atomic E-state index is 14.2. The molecule has 1 aliphatic heterocycles. The molecule has 2 aromatic rings. The van der Waals surface area contributed by atoms with Crippen LogP contribution in [0.5, 0.6) is 0 Å². The first kappa shape index (κ1) is 24.9. The van der Waals surface area contributed by atoms with Gasteiger partial charge in [0, 0.05) is 25.2 Å². The number of amides is 2. The predicted octanol–water partition coefficient (Wildman–Crippen LogP) is 3.63. The van der Waals surface area contributed by atoms with E-state index in [1.54, 1.807) is 23.1 Å². The van der Waals surface area contributed by atoms with Crippen molar-refractivity contribution in [1.82, 2.24) is 15.1 Å². The third-order valence-electron chi connectivity index (χ3n) is 6.76. The van der Waals surface area contributed by atoms with Gasteiger partial charge in [-0.2, -0.15) is 0 Å². The van der Waals surface area contributed by atoms with Crippen LogP contribution >= 0.6 is 0 Å². The van der Waals surface area contributed by atoms with Crippen LogP contribution in [0, 0.1) is 5.82 Å². The number of hydrogen-bond donors (Lipinski definition) is 1. The number of ether oxygens (including phenoxy) is 1. The molecule has 35 heavy (non-hydrogen) atoms. The number of likely N-dealkylation sites (N-methyl/N-ethyl adjacent to an activating group) is 1. The van der Waals surface area contributed by atoms with Crippen LogP contribution in [0.15, 0.2) is 60.4 Å². The molecule has 1 heterocycles. The van der Waals surface area contributed by atoms with Gasteiger partial charge in [-0.3, -0.25) is 9.59 Å². The quantitative estimate of drug-likeness (QED) is 0.558. The molecule has 0 bridgehead atoms. The van der Waals surface area contributed by atoms with Crippen LogP contribution in [0.25, 0.3) is 6.08 Å². The monoisotopic (exact) mass is 479 g/mol. The van der Waals surface area contributed by atoms with Crippen molar-refractivity contribution < 1.29 is 18.7 Å². The zero-order valence-electron chi connectivity index (χ0n) is 20.3. The second kappa shape index (κ2) is 12.0. The van der Waals surface area contributed by atoms with E-state index in [1.165, 1.54) is 17.7 Å². The van der Waals surface area contributed by atoms with Gasteiger partial charge in [0.05, 0.1) is 6.04 Å². The van der Waals surface area contributed by atoms with Gasteiger partial charge in [-0.1, -0.05) is 55.0 Å². The van der Waals surface area contributed by atoms with Crippen molar-refractivity contribution >= 4 is 17.9 Å². The summed E-state index contributed by atoms with van der Waals surface area (Å²) in [5.41, 5.74) is 1.59. The highest BCUT2D eigenvalue weighted by Crippen LogP contribution is 2.33. The molecule has 2 unspecified atom stereocenters. The van der Waals surface area contributed by atoms with Crippen LogP contribution in [-0.2, 0) is 20.7 Å². The number of rotatable bonds is 9. The number of nitrogens with one attached hydrogen (secondary N) is 1. The Morgan fingerprint density at radius 2 is 1.86 bits per heavy atom. The lowest BCUT2D eigenvalue weighted by atomic mass is 9.89. The molecule has 2 aromatic carbocycles. The van der Waals surface area contributed by atoms with E-state index >= 15 is 0 Å². The van der Waals surface area contributed by atoms with Crippen molar-refractivity contribution in [2.75, 3.05) is 33.2 Å². The minimum absolute atomic E-state index is 0.0221. The van der Waals surface area contributed by atoms with Crippen molar-refractivity contribution in [2.24, 2.45) is 0 Å². The minimum Gasteiger partial charge on any atom is -0.482 e. The summed E-state index contributed by atoms with van der Waals surface area (Å²) in [6.07, 6.45) is 5.86. The Labute approximate surface area is 206 Å². The van der Waals surface area contributed by atoms with Gasteiger partial charge in [-0.15, -0.1) is 0 Å². The van der Waals surface area contributed by atoms with E-state index in [0.717, 1.165) is 45.2 Å². The maximum absolute atomic E-state index is 14.2. The van der Waals surface area contributed by atoms with Gasteiger partial charge in [0.15, 0.2) is 5.76 Å². The van der Waals surface area contributed by atoms with Crippen molar-refractivity contribution in [2.45, 2.75) is 44.2 Å². The second-order valence-corrected chi connectivity index (χ2v) is 9.36. The molecule has 2 fully saturated rings. The summed E-state index contributed by atoms with van der Waals surface area (Å²) in [5.74, 6) is -0.854. The summed E-state index contributed by atoms with van der Waals surface area (Å²) < 4.78 is 20.2. The van der Waals surface area contributed by atoms with Crippen LogP contribution in [0.3, 0.4) is 0 Å². The number of carbonyl (C=O) groups is 2. The molecule has 1 saturated carbocycles. The summed E-state index contributed by atoms with van der Waals surface area (Å²) in [7, 11) is 2.03. The van der Waals surface area contributed by atoms with Gasteiger partial charge in [-0.05, 0) is 50.4 Å². The second-order valence-electron chi connectivity index (χ2n) is 9.36. The van der Waals surface area contributed by atoms with Crippen molar-refractivity contribution in [3.05, 3.63) is 77.3 Å². The highest BCUT2D eigenvalue weighted by atomic mass is 19.1. The molecular formula is C28H34FN3O3. The molecular weight excluding hydrogens is 445 g/mol. The molecule has 0 spiro atoms. The summed E-state index contributed by atoms with van der Waals surface area (Å²) in [6.45, 7) is 2.11. The van der Waals surface area contributed by atoms with Crippen molar-refractivity contribution in [3.8, 4) is 0 Å². The number of benzene rings is 2. The Kier molecular flexibility index (Phi) is 8.53. The summed E-state index contributed by atoms with van der Waals surface area (Å²) >= 11 is 0. The topological polar surface area (TPSA) is 61.9 Å². The fourth-order valence-electron chi connectivity index (χ4n) is 4.77. The highest BCUT2D eigenvalue weighted by Gasteiger charge is 2.42. The number of carbonyl (C=O) groups excluding carboxylic acids is 2. The molecule has 4 rings (SSSR count). The Morgan fingerprint density at radius 3 is 2.66 bits per heavy atom. The Bertz CT molecular complexity index is 1040. The summed E-state index contributed by atoms with van der Waals surface area (Å²) in [5, 5.41) is 2.95. The maximum Gasteiger partial charge on any atom is 0.289 e. The van der Waals surface area contributed by atoms with E-state index in [1.807, 2.05) is 25.2 Å². The first-order valence-electron chi connectivity index (χ1n) is 12.4. The van der Waals surface area contributed by atoms with Crippen LogP contribution in [0.2, 0.25) is 0 Å². The lowest BCUT2D eigenvalue weighted by Gasteiger charge is -2.44. The predicted molar refractivity (Wildman–Crippen MR) is 134 cm³/mol. The van der Waals surface area contributed by atoms with Gasteiger partial charge >= 0.3 is 0 Å². The zero-order chi connectivity index (χ0) is 24.6. The van der Waals surface area contributed by atoms with Crippen molar-refractivity contribution in [1.29, 1.82) is 0 Å². The average molecular weight is 480 g/mol. The molecule has 1 N–H and O–H groups in total. The van der Waals surface area contributed by atoms with Gasteiger partial charge in [0.25, 0.3) is 5.91 Å². The normalized spacial score (nSPS) is 21.1. The molecule has 186 valence electrons. The fraction of sp³-hybridized carbons (Fsp3) is 0.429. The Morgan fingerprint density at radius 1 is 1.11 bits per heavy atom. The van der Waals surface area contributed by atoms with Crippen LogP contribution in [0.1, 0.15) is 36.8 Å². The van der Waals surface area contributed by atoms with Gasteiger partial charge in [0.2, 0.25) is 5.91 Å². The third-order valence-corrected chi connectivity index (χ3v) is 6.76. The van der Waals surface area contributed by atoms with E-state index in [4.69, 9.17) is 4.74 Å². The summed E-state index contributed by atoms with van der Waals surface area (Å²) in [6, 6.07) is 16.5. The van der Waals surface area contributed by atoms with E-state index in [-0.39, 0.29) is 36.3 Å². The SMILES string of the molecule is CN(CCNC(=O)CN1C(=O)/C(=C\c2ccccc2F)OC2CCCCC21)CCc1ccccc1. The molecule has 7 heteroatoms. The molecule has 2 atom stereocenters. The average Bonchev–Trinajstić information content (AvgIpc) is 2.87. The molecule has 0 aromatic heterocycles.